The molecule has 0 heterocycles. The fourth-order valence-corrected chi connectivity index (χ4v) is 1.75. The van der Waals surface area contributed by atoms with E-state index in [4.69, 9.17) is 10.5 Å². The van der Waals surface area contributed by atoms with E-state index in [1.54, 1.807) is 0 Å². The van der Waals surface area contributed by atoms with Crippen LogP contribution in [0.2, 0.25) is 0 Å². The number of hydrogen-bond acceptors (Lipinski definition) is 2. The first kappa shape index (κ1) is 12.5. The molecule has 0 aliphatic rings. The zero-order valence-corrected chi connectivity index (χ0v) is 10.7. The van der Waals surface area contributed by atoms with Gasteiger partial charge in [0, 0.05) is 5.69 Å². The highest BCUT2D eigenvalue weighted by Crippen LogP contribution is 2.23. The number of anilines is 1. The molecule has 2 aromatic rings. The summed E-state index contributed by atoms with van der Waals surface area (Å²) in [5, 5.41) is 0. The molecule has 0 spiro atoms. The average Bonchev–Trinajstić information content (AvgIpc) is 2.41. The van der Waals surface area contributed by atoms with Crippen LogP contribution in [0.25, 0.3) is 11.1 Å². The zero-order chi connectivity index (χ0) is 12.8. The molecule has 94 valence electrons. The number of benzene rings is 2. The van der Waals surface area contributed by atoms with E-state index in [0.29, 0.717) is 0 Å². The summed E-state index contributed by atoms with van der Waals surface area (Å²) in [5.74, 6) is 0.933. The maximum atomic E-state index is 5.68. The van der Waals surface area contributed by atoms with Gasteiger partial charge in [0.05, 0.1) is 6.61 Å². The van der Waals surface area contributed by atoms with Crippen molar-refractivity contribution in [3.05, 3.63) is 48.5 Å². The summed E-state index contributed by atoms with van der Waals surface area (Å²) in [5.41, 5.74) is 8.82. The molecule has 0 aliphatic carbocycles. The van der Waals surface area contributed by atoms with Gasteiger partial charge in [-0.3, -0.25) is 0 Å². The van der Waals surface area contributed by atoms with Crippen molar-refractivity contribution < 1.29 is 4.74 Å². The summed E-state index contributed by atoms with van der Waals surface area (Å²) in [6.45, 7) is 2.95. The molecular weight excluding hydrogens is 222 g/mol. The number of unbranched alkanes of at least 4 members (excludes halogenated alkanes) is 1. The number of nitrogen functional groups attached to an aromatic ring is 1. The fourth-order valence-electron chi connectivity index (χ4n) is 1.75. The van der Waals surface area contributed by atoms with Gasteiger partial charge in [-0.25, -0.2) is 0 Å². The normalized spacial score (nSPS) is 10.3. The first-order chi connectivity index (χ1) is 8.79. The lowest BCUT2D eigenvalue weighted by molar-refractivity contribution is 0.309. The molecule has 18 heavy (non-hydrogen) atoms. The quantitative estimate of drug-likeness (QED) is 0.631. The maximum absolute atomic E-state index is 5.68. The predicted molar refractivity (Wildman–Crippen MR) is 76.7 cm³/mol. The van der Waals surface area contributed by atoms with Crippen LogP contribution in [0.4, 0.5) is 5.69 Å². The Kier molecular flexibility index (Phi) is 4.24. The lowest BCUT2D eigenvalue weighted by Crippen LogP contribution is -1.95. The molecule has 2 aromatic carbocycles. The molecule has 0 unspecified atom stereocenters. The number of hydrogen-bond donors (Lipinski definition) is 1. The maximum Gasteiger partial charge on any atom is 0.119 e. The van der Waals surface area contributed by atoms with Crippen LogP contribution >= 0.6 is 0 Å². The highest BCUT2D eigenvalue weighted by molar-refractivity contribution is 5.66. The van der Waals surface area contributed by atoms with Crippen LogP contribution in [-0.4, -0.2) is 6.61 Å². The molecule has 0 aromatic heterocycles. The van der Waals surface area contributed by atoms with Crippen LogP contribution in [-0.2, 0) is 0 Å². The van der Waals surface area contributed by atoms with Crippen molar-refractivity contribution in [3.63, 3.8) is 0 Å². The Morgan fingerprint density at radius 1 is 0.889 bits per heavy atom. The van der Waals surface area contributed by atoms with E-state index in [2.05, 4.69) is 19.1 Å². The summed E-state index contributed by atoms with van der Waals surface area (Å²) in [7, 11) is 0. The minimum atomic E-state index is 0.789. The molecule has 2 N–H and O–H groups in total. The van der Waals surface area contributed by atoms with Crippen molar-refractivity contribution in [1.29, 1.82) is 0 Å². The molecule has 0 bridgehead atoms. The van der Waals surface area contributed by atoms with Gasteiger partial charge in [0.2, 0.25) is 0 Å². The van der Waals surface area contributed by atoms with Crippen molar-refractivity contribution in [2.24, 2.45) is 0 Å². The van der Waals surface area contributed by atoms with Crippen LogP contribution in [0.1, 0.15) is 19.8 Å². The minimum absolute atomic E-state index is 0.789. The highest BCUT2D eigenvalue weighted by atomic mass is 16.5. The Labute approximate surface area is 108 Å². The number of rotatable bonds is 5. The van der Waals surface area contributed by atoms with Crippen LogP contribution in [0.15, 0.2) is 48.5 Å². The van der Waals surface area contributed by atoms with E-state index < -0.39 is 0 Å². The van der Waals surface area contributed by atoms with Crippen molar-refractivity contribution >= 4 is 5.69 Å². The third-order valence-corrected chi connectivity index (χ3v) is 2.86. The van der Waals surface area contributed by atoms with Crippen molar-refractivity contribution in [1.82, 2.24) is 0 Å². The van der Waals surface area contributed by atoms with Crippen molar-refractivity contribution in [2.45, 2.75) is 19.8 Å². The summed E-state index contributed by atoms with van der Waals surface area (Å²) in [6, 6.07) is 16.1. The van der Waals surface area contributed by atoms with Crippen LogP contribution in [0.5, 0.6) is 5.75 Å². The molecule has 0 amide bonds. The van der Waals surface area contributed by atoms with Gasteiger partial charge in [-0.1, -0.05) is 37.6 Å². The van der Waals surface area contributed by atoms with E-state index in [0.717, 1.165) is 30.9 Å². The Bertz CT molecular complexity index is 473. The molecule has 0 aliphatic heterocycles. The van der Waals surface area contributed by atoms with Crippen molar-refractivity contribution in [2.75, 3.05) is 12.3 Å². The molecule has 0 atom stereocenters. The van der Waals surface area contributed by atoms with E-state index >= 15 is 0 Å². The van der Waals surface area contributed by atoms with Crippen molar-refractivity contribution in [3.8, 4) is 16.9 Å². The average molecular weight is 241 g/mol. The van der Waals surface area contributed by atoms with Gasteiger partial charge in [-0.15, -0.1) is 0 Å². The second-order valence-electron chi connectivity index (χ2n) is 4.35. The van der Waals surface area contributed by atoms with Gasteiger partial charge in [0.15, 0.2) is 0 Å². The van der Waals surface area contributed by atoms with Gasteiger partial charge in [0.25, 0.3) is 0 Å². The second kappa shape index (κ2) is 6.10. The summed E-state index contributed by atoms with van der Waals surface area (Å²) < 4.78 is 5.64. The van der Waals surface area contributed by atoms with Gasteiger partial charge < -0.3 is 10.5 Å². The van der Waals surface area contributed by atoms with E-state index in [1.165, 1.54) is 11.1 Å². The molecule has 2 heteroatoms. The predicted octanol–water partition coefficient (Wildman–Crippen LogP) is 4.11. The van der Waals surface area contributed by atoms with Gasteiger partial charge >= 0.3 is 0 Å². The molecule has 2 rings (SSSR count). The summed E-state index contributed by atoms with van der Waals surface area (Å²) in [4.78, 5) is 0. The van der Waals surface area contributed by atoms with Gasteiger partial charge in [-0.2, -0.15) is 0 Å². The van der Waals surface area contributed by atoms with Crippen LogP contribution in [0, 0.1) is 0 Å². The van der Waals surface area contributed by atoms with Crippen LogP contribution < -0.4 is 10.5 Å². The molecule has 2 nitrogen and oxygen atoms in total. The molecule has 0 saturated carbocycles. The van der Waals surface area contributed by atoms with E-state index in [1.807, 2.05) is 36.4 Å². The van der Waals surface area contributed by atoms with Gasteiger partial charge in [-0.05, 0) is 41.8 Å². The Morgan fingerprint density at radius 3 is 2.00 bits per heavy atom. The Balaban J connectivity index is 2.05. The number of ether oxygens (including phenoxy) is 1. The first-order valence-corrected chi connectivity index (χ1v) is 6.38. The summed E-state index contributed by atoms with van der Waals surface area (Å²) >= 11 is 0. The van der Waals surface area contributed by atoms with Crippen LogP contribution in [0.3, 0.4) is 0 Å². The lowest BCUT2D eigenvalue weighted by atomic mass is 10.1. The minimum Gasteiger partial charge on any atom is -0.494 e. The molecule has 0 radical (unpaired) electrons. The first-order valence-electron chi connectivity index (χ1n) is 6.38. The monoisotopic (exact) mass is 241 g/mol. The zero-order valence-electron chi connectivity index (χ0n) is 10.7. The standard InChI is InChI=1S/C16H19NO/c1-2-3-12-18-16-10-6-14(7-11-16)13-4-8-15(17)9-5-13/h4-11H,2-3,12,17H2,1H3. The third kappa shape index (κ3) is 3.27. The SMILES string of the molecule is CCCCOc1ccc(-c2ccc(N)cc2)cc1. The van der Waals surface area contributed by atoms with E-state index in [-0.39, 0.29) is 0 Å². The lowest BCUT2D eigenvalue weighted by Gasteiger charge is -2.07. The highest BCUT2D eigenvalue weighted by Gasteiger charge is 1.98. The molecular formula is C16H19NO. The topological polar surface area (TPSA) is 35.2 Å². The number of nitrogens with two attached hydrogens (primary N) is 1. The Hall–Kier alpha value is -1.96. The Morgan fingerprint density at radius 2 is 1.44 bits per heavy atom. The van der Waals surface area contributed by atoms with Gasteiger partial charge in [0.1, 0.15) is 5.75 Å². The summed E-state index contributed by atoms with van der Waals surface area (Å²) in [6.07, 6.45) is 2.25. The van der Waals surface area contributed by atoms with E-state index in [9.17, 15) is 0 Å². The second-order valence-corrected chi connectivity index (χ2v) is 4.35. The fraction of sp³-hybridized carbons (Fsp3) is 0.250. The third-order valence-electron chi connectivity index (χ3n) is 2.86. The largest absolute Gasteiger partial charge is 0.494 e. The molecule has 0 fully saturated rings. The smallest absolute Gasteiger partial charge is 0.119 e. The molecule has 0 saturated heterocycles.